The van der Waals surface area contributed by atoms with Crippen LogP contribution in [0.3, 0.4) is 0 Å². The molecule has 0 aromatic heterocycles. The van der Waals surface area contributed by atoms with E-state index in [1.54, 1.807) is 12.1 Å². The molecule has 0 saturated heterocycles. The summed E-state index contributed by atoms with van der Waals surface area (Å²) in [6, 6.07) is 5.33. The molecule has 1 aromatic carbocycles. The van der Waals surface area contributed by atoms with Crippen LogP contribution >= 0.6 is 0 Å². The zero-order chi connectivity index (χ0) is 15.7. The van der Waals surface area contributed by atoms with Gasteiger partial charge in [0, 0.05) is 19.7 Å². The van der Waals surface area contributed by atoms with Crippen LogP contribution in [0.2, 0.25) is 0 Å². The summed E-state index contributed by atoms with van der Waals surface area (Å²) in [5.41, 5.74) is 6.10. The number of methoxy groups -OCH3 is 1. The van der Waals surface area contributed by atoms with E-state index < -0.39 is 0 Å². The Morgan fingerprint density at radius 3 is 2.57 bits per heavy atom. The molecule has 6 nitrogen and oxygen atoms in total. The van der Waals surface area contributed by atoms with Crippen molar-refractivity contribution in [3.05, 3.63) is 18.2 Å². The Kier molecular flexibility index (Phi) is 7.56. The minimum Gasteiger partial charge on any atom is -0.494 e. The van der Waals surface area contributed by atoms with E-state index in [9.17, 15) is 4.79 Å². The monoisotopic (exact) mass is 296 g/mol. The molecule has 1 aromatic rings. The molecule has 0 fully saturated rings. The van der Waals surface area contributed by atoms with Gasteiger partial charge in [-0.05, 0) is 26.0 Å². The van der Waals surface area contributed by atoms with Gasteiger partial charge in [-0.25, -0.2) is 0 Å². The van der Waals surface area contributed by atoms with Crippen molar-refractivity contribution in [2.24, 2.45) is 5.73 Å². The summed E-state index contributed by atoms with van der Waals surface area (Å²) in [5, 5.41) is 2.81. The van der Waals surface area contributed by atoms with Gasteiger partial charge in [0.05, 0.1) is 31.4 Å². The molecule has 1 rings (SSSR count). The maximum absolute atomic E-state index is 12.0. The number of hydrogen-bond acceptors (Lipinski definition) is 5. The van der Waals surface area contributed by atoms with Gasteiger partial charge >= 0.3 is 0 Å². The normalized spacial score (nSPS) is 11.8. The fourth-order valence-electron chi connectivity index (χ4n) is 1.82. The van der Waals surface area contributed by atoms with E-state index in [-0.39, 0.29) is 18.4 Å². The van der Waals surface area contributed by atoms with Crippen molar-refractivity contribution in [1.82, 2.24) is 0 Å². The maximum atomic E-state index is 12.0. The number of nitrogens with two attached hydrogens (primary N) is 1. The summed E-state index contributed by atoms with van der Waals surface area (Å²) >= 11 is 0. The lowest BCUT2D eigenvalue weighted by atomic mass is 10.2. The van der Waals surface area contributed by atoms with Crippen LogP contribution in [-0.2, 0) is 9.53 Å². The highest BCUT2D eigenvalue weighted by Gasteiger charge is 2.14. The van der Waals surface area contributed by atoms with E-state index in [0.29, 0.717) is 36.9 Å². The number of benzene rings is 1. The highest BCUT2D eigenvalue weighted by atomic mass is 16.5. The lowest BCUT2D eigenvalue weighted by Gasteiger charge is -2.15. The molecule has 1 atom stereocenters. The SMILES string of the molecule is CCOc1ccc(OCC)c(NC(=O)CC(CN)OC)c1. The van der Waals surface area contributed by atoms with Crippen LogP contribution < -0.4 is 20.5 Å². The molecule has 0 radical (unpaired) electrons. The predicted molar refractivity (Wildman–Crippen MR) is 81.9 cm³/mol. The van der Waals surface area contributed by atoms with E-state index in [1.807, 2.05) is 19.9 Å². The van der Waals surface area contributed by atoms with Crippen LogP contribution in [0.25, 0.3) is 0 Å². The van der Waals surface area contributed by atoms with Gasteiger partial charge in [0.25, 0.3) is 0 Å². The second-order valence-corrected chi connectivity index (χ2v) is 4.37. The second-order valence-electron chi connectivity index (χ2n) is 4.37. The molecule has 6 heteroatoms. The van der Waals surface area contributed by atoms with Gasteiger partial charge < -0.3 is 25.3 Å². The molecule has 3 N–H and O–H groups in total. The van der Waals surface area contributed by atoms with Gasteiger partial charge in [0.2, 0.25) is 5.91 Å². The first kappa shape index (κ1) is 17.3. The molecule has 1 amide bonds. The number of carbonyl (C=O) groups excluding carboxylic acids is 1. The fourth-order valence-corrected chi connectivity index (χ4v) is 1.82. The predicted octanol–water partition coefficient (Wildman–Crippen LogP) is 1.79. The third kappa shape index (κ3) is 5.61. The number of amides is 1. The molecule has 0 bridgehead atoms. The summed E-state index contributed by atoms with van der Waals surface area (Å²) in [7, 11) is 1.53. The van der Waals surface area contributed by atoms with Crippen molar-refractivity contribution < 1.29 is 19.0 Å². The maximum Gasteiger partial charge on any atom is 0.227 e. The van der Waals surface area contributed by atoms with Crippen LogP contribution in [0.15, 0.2) is 18.2 Å². The van der Waals surface area contributed by atoms with Crippen LogP contribution in [0.1, 0.15) is 20.3 Å². The number of carbonyl (C=O) groups is 1. The van der Waals surface area contributed by atoms with Crippen LogP contribution in [0.4, 0.5) is 5.69 Å². The van der Waals surface area contributed by atoms with Gasteiger partial charge in [-0.15, -0.1) is 0 Å². The molecular formula is C15H24N2O4. The first-order chi connectivity index (χ1) is 10.1. The van der Waals surface area contributed by atoms with Crippen molar-refractivity contribution in [2.45, 2.75) is 26.4 Å². The molecule has 21 heavy (non-hydrogen) atoms. The molecule has 0 saturated carbocycles. The number of nitrogens with one attached hydrogen (secondary N) is 1. The van der Waals surface area contributed by atoms with Crippen molar-refractivity contribution in [1.29, 1.82) is 0 Å². The van der Waals surface area contributed by atoms with E-state index in [2.05, 4.69) is 5.32 Å². The molecular weight excluding hydrogens is 272 g/mol. The molecule has 0 heterocycles. The Morgan fingerprint density at radius 1 is 1.29 bits per heavy atom. The van der Waals surface area contributed by atoms with Crippen LogP contribution in [0, 0.1) is 0 Å². The molecule has 1 unspecified atom stereocenters. The Bertz CT molecular complexity index is 447. The summed E-state index contributed by atoms with van der Waals surface area (Å²) in [6.45, 7) is 5.15. The fraction of sp³-hybridized carbons (Fsp3) is 0.533. The summed E-state index contributed by atoms with van der Waals surface area (Å²) in [5.74, 6) is 1.11. The second kappa shape index (κ2) is 9.20. The standard InChI is InChI=1S/C15H24N2O4/c1-4-20-11-6-7-14(21-5-2)13(8-11)17-15(18)9-12(10-16)19-3/h6-8,12H,4-5,9-10,16H2,1-3H3,(H,17,18). The van der Waals surface area contributed by atoms with E-state index in [4.69, 9.17) is 19.9 Å². The Hall–Kier alpha value is -1.79. The van der Waals surface area contributed by atoms with Crippen molar-refractivity contribution in [2.75, 3.05) is 32.2 Å². The van der Waals surface area contributed by atoms with Crippen molar-refractivity contribution >= 4 is 11.6 Å². The minimum atomic E-state index is -0.296. The zero-order valence-corrected chi connectivity index (χ0v) is 12.8. The number of anilines is 1. The topological polar surface area (TPSA) is 82.8 Å². The lowest BCUT2D eigenvalue weighted by molar-refractivity contribution is -0.118. The Labute approximate surface area is 125 Å². The third-order valence-corrected chi connectivity index (χ3v) is 2.85. The Morgan fingerprint density at radius 2 is 2.00 bits per heavy atom. The number of rotatable bonds is 9. The number of ether oxygens (including phenoxy) is 3. The van der Waals surface area contributed by atoms with E-state index >= 15 is 0 Å². The third-order valence-electron chi connectivity index (χ3n) is 2.85. The zero-order valence-electron chi connectivity index (χ0n) is 12.8. The first-order valence-electron chi connectivity index (χ1n) is 7.06. The average Bonchev–Trinajstić information content (AvgIpc) is 2.48. The van der Waals surface area contributed by atoms with Gasteiger partial charge in [0.15, 0.2) is 0 Å². The average molecular weight is 296 g/mol. The summed E-state index contributed by atoms with van der Waals surface area (Å²) in [4.78, 5) is 12.0. The van der Waals surface area contributed by atoms with E-state index in [1.165, 1.54) is 7.11 Å². The van der Waals surface area contributed by atoms with Gasteiger partial charge in [-0.2, -0.15) is 0 Å². The quantitative estimate of drug-likeness (QED) is 0.726. The van der Waals surface area contributed by atoms with E-state index in [0.717, 1.165) is 0 Å². The highest BCUT2D eigenvalue weighted by Crippen LogP contribution is 2.29. The molecule has 0 aliphatic heterocycles. The lowest BCUT2D eigenvalue weighted by Crippen LogP contribution is -2.28. The summed E-state index contributed by atoms with van der Waals surface area (Å²) in [6.07, 6.45) is -0.104. The van der Waals surface area contributed by atoms with Crippen molar-refractivity contribution in [3.63, 3.8) is 0 Å². The van der Waals surface area contributed by atoms with Gasteiger partial charge in [-0.3, -0.25) is 4.79 Å². The summed E-state index contributed by atoms with van der Waals surface area (Å²) < 4.78 is 16.0. The largest absolute Gasteiger partial charge is 0.494 e. The first-order valence-corrected chi connectivity index (χ1v) is 7.06. The minimum absolute atomic E-state index is 0.179. The molecule has 118 valence electrons. The number of hydrogen-bond donors (Lipinski definition) is 2. The highest BCUT2D eigenvalue weighted by molar-refractivity contribution is 5.92. The molecule has 0 aliphatic carbocycles. The van der Waals surface area contributed by atoms with Crippen molar-refractivity contribution in [3.8, 4) is 11.5 Å². The van der Waals surface area contributed by atoms with Crippen LogP contribution in [-0.4, -0.2) is 38.9 Å². The Balaban J connectivity index is 2.82. The molecule has 0 aliphatic rings. The van der Waals surface area contributed by atoms with Crippen LogP contribution in [0.5, 0.6) is 11.5 Å². The smallest absolute Gasteiger partial charge is 0.227 e. The van der Waals surface area contributed by atoms with Gasteiger partial charge in [0.1, 0.15) is 11.5 Å². The van der Waals surface area contributed by atoms with Gasteiger partial charge in [-0.1, -0.05) is 0 Å². The molecule has 0 spiro atoms.